The molecule has 4 rings (SSSR count). The molecule has 2 fully saturated rings. The standard InChI is InChI=1S/C22H32N4O6/c27-21(23-4-1-5-25-6-10-29-11-7-25)22(28)24-15-18(26-8-12-30-13-9-26)17-2-3-19-20(14-17)32-16-31-19/h2-3,14,18H,1,4-13,15-16H2,(H,23,27)(H,24,28). The van der Waals surface area contributed by atoms with Gasteiger partial charge in [0.05, 0.1) is 32.5 Å². The molecule has 2 amide bonds. The predicted octanol–water partition coefficient (Wildman–Crippen LogP) is -0.257. The number of morpholine rings is 2. The van der Waals surface area contributed by atoms with Crippen LogP contribution >= 0.6 is 0 Å². The second kappa shape index (κ2) is 11.5. The normalized spacial score (nSPS) is 20.0. The van der Waals surface area contributed by atoms with Gasteiger partial charge in [0.15, 0.2) is 11.5 Å². The Kier molecular flexibility index (Phi) is 8.16. The van der Waals surface area contributed by atoms with Crippen LogP contribution in [0, 0.1) is 0 Å². The van der Waals surface area contributed by atoms with Gasteiger partial charge in [-0.25, -0.2) is 0 Å². The second-order valence-corrected chi connectivity index (χ2v) is 8.05. The van der Waals surface area contributed by atoms with E-state index in [1.165, 1.54) is 0 Å². The van der Waals surface area contributed by atoms with Crippen LogP contribution in [-0.4, -0.2) is 101 Å². The molecule has 0 aromatic heterocycles. The molecule has 176 valence electrons. The van der Waals surface area contributed by atoms with Gasteiger partial charge in [0.2, 0.25) is 6.79 Å². The molecule has 2 N–H and O–H groups in total. The van der Waals surface area contributed by atoms with Crippen molar-refractivity contribution in [3.63, 3.8) is 0 Å². The lowest BCUT2D eigenvalue weighted by atomic mass is 10.0. The highest BCUT2D eigenvalue weighted by Gasteiger charge is 2.26. The third-order valence-corrected chi connectivity index (χ3v) is 5.97. The van der Waals surface area contributed by atoms with Gasteiger partial charge in [-0.3, -0.25) is 19.4 Å². The number of ether oxygens (including phenoxy) is 4. The minimum Gasteiger partial charge on any atom is -0.454 e. The highest BCUT2D eigenvalue weighted by molar-refractivity contribution is 6.35. The van der Waals surface area contributed by atoms with Crippen molar-refractivity contribution in [1.29, 1.82) is 0 Å². The van der Waals surface area contributed by atoms with Crippen LogP contribution in [0.25, 0.3) is 0 Å². The number of carbonyl (C=O) groups excluding carboxylic acids is 2. The van der Waals surface area contributed by atoms with E-state index in [1.807, 2.05) is 18.2 Å². The first-order valence-electron chi connectivity index (χ1n) is 11.3. The van der Waals surface area contributed by atoms with E-state index in [0.717, 1.165) is 63.7 Å². The Morgan fingerprint density at radius 3 is 2.38 bits per heavy atom. The molecule has 3 aliphatic heterocycles. The largest absolute Gasteiger partial charge is 0.454 e. The van der Waals surface area contributed by atoms with Crippen LogP contribution in [0.4, 0.5) is 0 Å². The van der Waals surface area contributed by atoms with Gasteiger partial charge >= 0.3 is 11.8 Å². The maximum Gasteiger partial charge on any atom is 0.309 e. The summed E-state index contributed by atoms with van der Waals surface area (Å²) in [6, 6.07) is 5.71. The number of nitrogens with zero attached hydrogens (tertiary/aromatic N) is 2. The number of carbonyl (C=O) groups is 2. The minimum absolute atomic E-state index is 0.0912. The highest BCUT2D eigenvalue weighted by Crippen LogP contribution is 2.35. The van der Waals surface area contributed by atoms with Gasteiger partial charge in [-0.2, -0.15) is 0 Å². The number of rotatable bonds is 8. The Bertz CT molecular complexity index is 780. The Labute approximate surface area is 188 Å². The molecule has 2 saturated heterocycles. The Morgan fingerprint density at radius 2 is 1.59 bits per heavy atom. The molecule has 3 heterocycles. The van der Waals surface area contributed by atoms with E-state index in [2.05, 4.69) is 20.4 Å². The van der Waals surface area contributed by atoms with E-state index in [-0.39, 0.29) is 12.8 Å². The van der Waals surface area contributed by atoms with Crippen LogP contribution in [-0.2, 0) is 19.1 Å². The molecule has 3 aliphatic rings. The van der Waals surface area contributed by atoms with Crippen molar-refractivity contribution in [2.75, 3.05) is 79.0 Å². The minimum atomic E-state index is -0.615. The van der Waals surface area contributed by atoms with E-state index in [9.17, 15) is 9.59 Å². The fourth-order valence-electron chi connectivity index (χ4n) is 4.15. The molecule has 10 heteroatoms. The molecular formula is C22H32N4O6. The van der Waals surface area contributed by atoms with Crippen molar-refractivity contribution in [3.8, 4) is 11.5 Å². The van der Waals surface area contributed by atoms with Gasteiger partial charge in [0, 0.05) is 39.3 Å². The Hall–Kier alpha value is -2.40. The lowest BCUT2D eigenvalue weighted by Crippen LogP contribution is -2.47. The lowest BCUT2D eigenvalue weighted by Gasteiger charge is -2.35. The molecule has 0 spiro atoms. The number of hydrogen-bond acceptors (Lipinski definition) is 8. The maximum atomic E-state index is 12.4. The molecular weight excluding hydrogens is 416 g/mol. The van der Waals surface area contributed by atoms with Crippen LogP contribution in [0.15, 0.2) is 18.2 Å². The summed E-state index contributed by atoms with van der Waals surface area (Å²) in [5.41, 5.74) is 1.00. The monoisotopic (exact) mass is 448 g/mol. The molecule has 0 bridgehead atoms. The van der Waals surface area contributed by atoms with Gasteiger partial charge < -0.3 is 29.6 Å². The Balaban J connectivity index is 1.27. The van der Waals surface area contributed by atoms with Gasteiger partial charge in [0.1, 0.15) is 0 Å². The first-order chi connectivity index (χ1) is 15.7. The summed E-state index contributed by atoms with van der Waals surface area (Å²) in [5.74, 6) is 0.203. The molecule has 0 aliphatic carbocycles. The van der Waals surface area contributed by atoms with Crippen molar-refractivity contribution < 1.29 is 28.5 Å². The van der Waals surface area contributed by atoms with Gasteiger partial charge in [-0.05, 0) is 30.7 Å². The van der Waals surface area contributed by atoms with Crippen LogP contribution in [0.5, 0.6) is 11.5 Å². The van der Waals surface area contributed by atoms with Crippen molar-refractivity contribution in [3.05, 3.63) is 23.8 Å². The number of fused-ring (bicyclic) bond motifs is 1. The molecule has 0 radical (unpaired) electrons. The maximum absolute atomic E-state index is 12.4. The fourth-order valence-corrected chi connectivity index (χ4v) is 4.15. The summed E-state index contributed by atoms with van der Waals surface area (Å²) in [4.78, 5) is 29.2. The summed E-state index contributed by atoms with van der Waals surface area (Å²) in [6.07, 6.45) is 0.798. The second-order valence-electron chi connectivity index (χ2n) is 8.05. The molecule has 1 atom stereocenters. The first kappa shape index (κ1) is 22.8. The van der Waals surface area contributed by atoms with Crippen molar-refractivity contribution in [2.24, 2.45) is 0 Å². The average Bonchev–Trinajstić information content (AvgIpc) is 3.31. The number of nitrogens with one attached hydrogen (secondary N) is 2. The quantitative estimate of drug-likeness (QED) is 0.415. The molecule has 1 unspecified atom stereocenters. The number of hydrogen-bond donors (Lipinski definition) is 2. The third kappa shape index (κ3) is 6.10. The zero-order valence-electron chi connectivity index (χ0n) is 18.3. The molecule has 0 saturated carbocycles. The lowest BCUT2D eigenvalue weighted by molar-refractivity contribution is -0.139. The van der Waals surface area contributed by atoms with E-state index in [1.54, 1.807) is 0 Å². The van der Waals surface area contributed by atoms with Crippen molar-refractivity contribution >= 4 is 11.8 Å². The predicted molar refractivity (Wildman–Crippen MR) is 116 cm³/mol. The van der Waals surface area contributed by atoms with Crippen LogP contribution in [0.2, 0.25) is 0 Å². The summed E-state index contributed by atoms with van der Waals surface area (Å²) in [7, 11) is 0. The Morgan fingerprint density at radius 1 is 0.906 bits per heavy atom. The molecule has 10 nitrogen and oxygen atoms in total. The fraction of sp³-hybridized carbons (Fsp3) is 0.636. The van der Waals surface area contributed by atoms with E-state index >= 15 is 0 Å². The molecule has 32 heavy (non-hydrogen) atoms. The van der Waals surface area contributed by atoms with Gasteiger partial charge in [0.25, 0.3) is 0 Å². The summed E-state index contributed by atoms with van der Waals surface area (Å²) >= 11 is 0. The van der Waals surface area contributed by atoms with Crippen LogP contribution in [0.3, 0.4) is 0 Å². The average molecular weight is 449 g/mol. The zero-order valence-corrected chi connectivity index (χ0v) is 18.3. The van der Waals surface area contributed by atoms with Crippen LogP contribution < -0.4 is 20.1 Å². The number of benzene rings is 1. The van der Waals surface area contributed by atoms with Crippen LogP contribution in [0.1, 0.15) is 18.0 Å². The molecule has 1 aromatic carbocycles. The SMILES string of the molecule is O=C(NCCCN1CCOCC1)C(=O)NCC(c1ccc2c(c1)OCO2)N1CCOCC1. The number of amides is 2. The van der Waals surface area contributed by atoms with E-state index in [4.69, 9.17) is 18.9 Å². The van der Waals surface area contributed by atoms with Gasteiger partial charge in [-0.1, -0.05) is 6.07 Å². The summed E-state index contributed by atoms with van der Waals surface area (Å²) < 4.78 is 21.7. The van der Waals surface area contributed by atoms with Crippen molar-refractivity contribution in [1.82, 2.24) is 20.4 Å². The third-order valence-electron chi connectivity index (χ3n) is 5.97. The molecule has 1 aromatic rings. The van der Waals surface area contributed by atoms with Crippen molar-refractivity contribution in [2.45, 2.75) is 12.5 Å². The zero-order chi connectivity index (χ0) is 22.2. The first-order valence-corrected chi connectivity index (χ1v) is 11.3. The van der Waals surface area contributed by atoms with E-state index in [0.29, 0.717) is 32.1 Å². The highest BCUT2D eigenvalue weighted by atomic mass is 16.7. The summed E-state index contributed by atoms with van der Waals surface area (Å²) in [6.45, 7) is 8.00. The van der Waals surface area contributed by atoms with Gasteiger partial charge in [-0.15, -0.1) is 0 Å². The smallest absolute Gasteiger partial charge is 0.309 e. The summed E-state index contributed by atoms with van der Waals surface area (Å²) in [5, 5.41) is 5.52. The van der Waals surface area contributed by atoms with E-state index < -0.39 is 11.8 Å². The topological polar surface area (TPSA) is 102 Å².